The van der Waals surface area contributed by atoms with Crippen LogP contribution in [0.3, 0.4) is 0 Å². The first-order valence-corrected chi connectivity index (χ1v) is 5.73. The summed E-state index contributed by atoms with van der Waals surface area (Å²) in [4.78, 5) is 4.31. The molecule has 1 aromatic heterocycles. The minimum absolute atomic E-state index is 0.248. The molecule has 0 bridgehead atoms. The Morgan fingerprint density at radius 3 is 2.72 bits per heavy atom. The van der Waals surface area contributed by atoms with E-state index in [1.807, 2.05) is 36.4 Å². The molecule has 88 valence electrons. The number of anilines is 2. The van der Waals surface area contributed by atoms with E-state index in [1.165, 1.54) is 0 Å². The molecule has 0 amide bonds. The predicted octanol–water partition coefficient (Wildman–Crippen LogP) is 3.68. The van der Waals surface area contributed by atoms with Crippen molar-refractivity contribution >= 4 is 22.3 Å². The van der Waals surface area contributed by atoms with E-state index in [0.29, 0.717) is 0 Å². The second-order valence-electron chi connectivity index (χ2n) is 4.05. The van der Waals surface area contributed by atoms with Crippen molar-refractivity contribution in [2.45, 2.75) is 0 Å². The molecule has 1 heterocycles. The first-order valence-electron chi connectivity index (χ1n) is 5.73. The number of nitrogens with zero attached hydrogens (tertiary/aromatic N) is 1. The molecule has 0 fully saturated rings. The van der Waals surface area contributed by atoms with Crippen molar-refractivity contribution in [1.82, 2.24) is 4.98 Å². The van der Waals surface area contributed by atoms with Gasteiger partial charge in [-0.3, -0.25) is 4.98 Å². The Morgan fingerprint density at radius 2 is 1.83 bits per heavy atom. The van der Waals surface area contributed by atoms with Gasteiger partial charge in [-0.15, -0.1) is 0 Å². The molecule has 0 aliphatic carbocycles. The van der Waals surface area contributed by atoms with Gasteiger partial charge in [-0.05, 0) is 24.3 Å². The Bertz CT molecular complexity index is 689. The molecule has 0 aliphatic heterocycles. The Hall–Kier alpha value is -2.55. The molecule has 3 rings (SSSR count). The van der Waals surface area contributed by atoms with E-state index < -0.39 is 0 Å². The number of aromatic hydroxyl groups is 1. The first-order chi connectivity index (χ1) is 8.83. The van der Waals surface area contributed by atoms with Crippen molar-refractivity contribution in [3.05, 3.63) is 60.8 Å². The summed E-state index contributed by atoms with van der Waals surface area (Å²) >= 11 is 0. The zero-order chi connectivity index (χ0) is 12.4. The van der Waals surface area contributed by atoms with Crippen molar-refractivity contribution in [3.63, 3.8) is 0 Å². The zero-order valence-electron chi connectivity index (χ0n) is 9.67. The summed E-state index contributed by atoms with van der Waals surface area (Å²) in [5.41, 5.74) is 2.78. The van der Waals surface area contributed by atoms with Gasteiger partial charge in [0.05, 0.1) is 5.52 Å². The van der Waals surface area contributed by atoms with Crippen LogP contribution in [-0.2, 0) is 0 Å². The molecule has 0 saturated heterocycles. The number of nitrogens with one attached hydrogen (secondary N) is 1. The summed E-state index contributed by atoms with van der Waals surface area (Å²) in [5.74, 6) is 0.248. The first kappa shape index (κ1) is 10.6. The Kier molecular flexibility index (Phi) is 2.57. The molecule has 3 heteroatoms. The Balaban J connectivity index is 2.05. The Labute approximate surface area is 105 Å². The number of pyridine rings is 1. The van der Waals surface area contributed by atoms with Crippen LogP contribution in [0.1, 0.15) is 0 Å². The summed E-state index contributed by atoms with van der Waals surface area (Å²) in [5, 5.41) is 13.8. The summed E-state index contributed by atoms with van der Waals surface area (Å²) in [6.07, 6.45) is 1.77. The van der Waals surface area contributed by atoms with E-state index in [1.54, 1.807) is 24.4 Å². The highest BCUT2D eigenvalue weighted by molar-refractivity contribution is 5.92. The third kappa shape index (κ3) is 1.98. The quantitative estimate of drug-likeness (QED) is 0.713. The highest BCUT2D eigenvalue weighted by Gasteiger charge is 2.01. The lowest BCUT2D eigenvalue weighted by atomic mass is 10.2. The smallest absolute Gasteiger partial charge is 0.117 e. The standard InChI is InChI=1S/C15H12N2O/c18-12-5-3-4-11(10-12)17-15-8-9-16-14-7-2-1-6-13(14)15/h1-10,18H,(H,16,17). The van der Waals surface area contributed by atoms with Gasteiger partial charge in [0.25, 0.3) is 0 Å². The van der Waals surface area contributed by atoms with E-state index in [-0.39, 0.29) is 5.75 Å². The SMILES string of the molecule is Oc1cccc(Nc2ccnc3ccccc23)c1. The molecule has 0 saturated carbocycles. The minimum atomic E-state index is 0.248. The molecule has 3 aromatic rings. The molecule has 3 nitrogen and oxygen atoms in total. The van der Waals surface area contributed by atoms with Gasteiger partial charge in [0.15, 0.2) is 0 Å². The van der Waals surface area contributed by atoms with E-state index in [0.717, 1.165) is 22.3 Å². The summed E-state index contributed by atoms with van der Waals surface area (Å²) in [7, 11) is 0. The summed E-state index contributed by atoms with van der Waals surface area (Å²) in [6, 6.07) is 16.9. The van der Waals surface area contributed by atoms with Crippen LogP contribution in [0.2, 0.25) is 0 Å². The van der Waals surface area contributed by atoms with Crippen molar-refractivity contribution < 1.29 is 5.11 Å². The molecule has 2 aromatic carbocycles. The fourth-order valence-electron chi connectivity index (χ4n) is 1.94. The number of phenols is 1. The second kappa shape index (κ2) is 4.37. The number of aromatic nitrogens is 1. The number of hydrogen-bond donors (Lipinski definition) is 2. The number of rotatable bonds is 2. The normalized spacial score (nSPS) is 10.4. The van der Waals surface area contributed by atoms with Crippen LogP contribution in [0, 0.1) is 0 Å². The third-order valence-corrected chi connectivity index (χ3v) is 2.77. The summed E-state index contributed by atoms with van der Waals surface area (Å²) in [6.45, 7) is 0. The molecular formula is C15H12N2O. The third-order valence-electron chi connectivity index (χ3n) is 2.77. The number of fused-ring (bicyclic) bond motifs is 1. The van der Waals surface area contributed by atoms with Crippen LogP contribution in [0.4, 0.5) is 11.4 Å². The molecule has 0 aliphatic rings. The lowest BCUT2D eigenvalue weighted by molar-refractivity contribution is 0.475. The number of benzene rings is 2. The fraction of sp³-hybridized carbons (Fsp3) is 0. The highest BCUT2D eigenvalue weighted by Crippen LogP contribution is 2.26. The van der Waals surface area contributed by atoms with E-state index in [9.17, 15) is 5.11 Å². The molecule has 0 unspecified atom stereocenters. The van der Waals surface area contributed by atoms with Crippen molar-refractivity contribution in [2.24, 2.45) is 0 Å². The number of para-hydroxylation sites is 1. The topological polar surface area (TPSA) is 45.1 Å². The van der Waals surface area contributed by atoms with Gasteiger partial charge < -0.3 is 10.4 Å². The van der Waals surface area contributed by atoms with Crippen molar-refractivity contribution in [3.8, 4) is 5.75 Å². The Morgan fingerprint density at radius 1 is 0.944 bits per heavy atom. The molecular weight excluding hydrogens is 224 g/mol. The zero-order valence-corrected chi connectivity index (χ0v) is 9.67. The molecule has 18 heavy (non-hydrogen) atoms. The van der Waals surface area contributed by atoms with Crippen LogP contribution in [0.15, 0.2) is 60.8 Å². The van der Waals surface area contributed by atoms with Gasteiger partial charge in [0.2, 0.25) is 0 Å². The van der Waals surface area contributed by atoms with Gasteiger partial charge in [-0.25, -0.2) is 0 Å². The van der Waals surface area contributed by atoms with Gasteiger partial charge in [0.1, 0.15) is 5.75 Å². The van der Waals surface area contributed by atoms with E-state index >= 15 is 0 Å². The lowest BCUT2D eigenvalue weighted by Gasteiger charge is -2.09. The molecule has 0 atom stereocenters. The lowest BCUT2D eigenvalue weighted by Crippen LogP contribution is -1.92. The van der Waals surface area contributed by atoms with Crippen LogP contribution in [0.25, 0.3) is 10.9 Å². The van der Waals surface area contributed by atoms with Crippen LogP contribution in [-0.4, -0.2) is 10.1 Å². The van der Waals surface area contributed by atoms with Gasteiger partial charge in [0, 0.05) is 29.0 Å². The molecule has 0 spiro atoms. The maximum absolute atomic E-state index is 9.45. The van der Waals surface area contributed by atoms with E-state index in [2.05, 4.69) is 10.3 Å². The average Bonchev–Trinajstić information content (AvgIpc) is 2.39. The number of phenolic OH excluding ortho intramolecular Hbond substituents is 1. The maximum atomic E-state index is 9.45. The minimum Gasteiger partial charge on any atom is -0.508 e. The monoisotopic (exact) mass is 236 g/mol. The average molecular weight is 236 g/mol. The van der Waals surface area contributed by atoms with E-state index in [4.69, 9.17) is 0 Å². The number of hydrogen-bond acceptors (Lipinski definition) is 3. The van der Waals surface area contributed by atoms with Crippen molar-refractivity contribution in [1.29, 1.82) is 0 Å². The molecule has 0 radical (unpaired) electrons. The maximum Gasteiger partial charge on any atom is 0.117 e. The van der Waals surface area contributed by atoms with Crippen molar-refractivity contribution in [2.75, 3.05) is 5.32 Å². The van der Waals surface area contributed by atoms with Crippen LogP contribution in [0.5, 0.6) is 5.75 Å². The summed E-state index contributed by atoms with van der Waals surface area (Å²) < 4.78 is 0. The molecule has 2 N–H and O–H groups in total. The van der Waals surface area contributed by atoms with Crippen LogP contribution >= 0.6 is 0 Å². The van der Waals surface area contributed by atoms with Gasteiger partial charge in [-0.1, -0.05) is 24.3 Å². The highest BCUT2D eigenvalue weighted by atomic mass is 16.3. The predicted molar refractivity (Wildman–Crippen MR) is 73.1 cm³/mol. The second-order valence-corrected chi connectivity index (χ2v) is 4.05. The van der Waals surface area contributed by atoms with Crippen LogP contribution < -0.4 is 5.32 Å². The largest absolute Gasteiger partial charge is 0.508 e. The fourth-order valence-corrected chi connectivity index (χ4v) is 1.94. The van der Waals surface area contributed by atoms with Gasteiger partial charge >= 0.3 is 0 Å². The van der Waals surface area contributed by atoms with Gasteiger partial charge in [-0.2, -0.15) is 0 Å².